The van der Waals surface area contributed by atoms with Gasteiger partial charge in [-0.2, -0.15) is 0 Å². The molecule has 0 radical (unpaired) electrons. The van der Waals surface area contributed by atoms with Crippen molar-refractivity contribution in [2.45, 2.75) is 25.7 Å². The van der Waals surface area contributed by atoms with E-state index in [0.29, 0.717) is 0 Å². The van der Waals surface area contributed by atoms with Crippen molar-refractivity contribution in [1.82, 2.24) is 10.1 Å². The molecule has 0 spiro atoms. The van der Waals surface area contributed by atoms with Gasteiger partial charge in [-0.1, -0.05) is 23.7 Å². The molecule has 1 aliphatic heterocycles. The molecule has 1 fully saturated rings. The number of nitrogens with zero attached hydrogens (tertiary/aromatic N) is 2. The summed E-state index contributed by atoms with van der Waals surface area (Å²) >= 11 is 1.66. The lowest BCUT2D eigenvalue weighted by atomic mass is 10.1. The van der Waals surface area contributed by atoms with Crippen LogP contribution in [-0.2, 0) is 0 Å². The van der Waals surface area contributed by atoms with Crippen molar-refractivity contribution >= 4 is 21.6 Å². The number of piperidine rings is 1. The molecule has 0 amide bonds. The molecular weight excluding hydrogens is 320 g/mol. The Hall–Kier alpha value is -1.85. The second kappa shape index (κ2) is 7.36. The van der Waals surface area contributed by atoms with E-state index in [0.717, 1.165) is 46.9 Å². The summed E-state index contributed by atoms with van der Waals surface area (Å²) in [6.45, 7) is 4.39. The monoisotopic (exact) mass is 342 g/mol. The first-order valence-electron chi connectivity index (χ1n) is 8.68. The number of thiophene rings is 1. The Labute approximate surface area is 146 Å². The van der Waals surface area contributed by atoms with Gasteiger partial charge in [-0.25, -0.2) is 0 Å². The zero-order chi connectivity index (χ0) is 16.2. The van der Waals surface area contributed by atoms with Crippen molar-refractivity contribution in [3.05, 3.63) is 35.7 Å². The van der Waals surface area contributed by atoms with Gasteiger partial charge in [0.05, 0.1) is 6.61 Å². The number of benzene rings is 1. The summed E-state index contributed by atoms with van der Waals surface area (Å²) in [5.41, 5.74) is 2.80. The van der Waals surface area contributed by atoms with Gasteiger partial charge < -0.3 is 14.2 Å². The van der Waals surface area contributed by atoms with Crippen LogP contribution >= 0.6 is 11.3 Å². The minimum Gasteiger partial charge on any atom is -0.494 e. The fraction of sp³-hybridized carbons (Fsp3) is 0.421. The van der Waals surface area contributed by atoms with Crippen LogP contribution in [0.1, 0.15) is 25.7 Å². The van der Waals surface area contributed by atoms with Crippen LogP contribution < -0.4 is 4.74 Å². The van der Waals surface area contributed by atoms with Crippen molar-refractivity contribution in [1.29, 1.82) is 0 Å². The SMILES string of the molecule is c1cc(OCCCN2CCCCC2)cc(-c2noc3ccsc23)c1. The molecule has 4 rings (SSSR count). The molecule has 0 aliphatic carbocycles. The van der Waals surface area contributed by atoms with E-state index < -0.39 is 0 Å². The van der Waals surface area contributed by atoms with E-state index in [1.807, 2.05) is 23.6 Å². The summed E-state index contributed by atoms with van der Waals surface area (Å²) in [6.07, 6.45) is 5.15. The number of ether oxygens (including phenoxy) is 1. The average Bonchev–Trinajstić information content (AvgIpc) is 3.23. The molecule has 3 heterocycles. The standard InChI is InChI=1S/C19H22N2O2S/c1-2-9-21(10-3-1)11-5-12-22-16-7-4-6-15(14-16)18-19-17(23-20-18)8-13-24-19/h4,6-8,13-14H,1-3,5,9-12H2. The van der Waals surface area contributed by atoms with Crippen LogP contribution in [0, 0.1) is 0 Å². The summed E-state index contributed by atoms with van der Waals surface area (Å²) in [6, 6.07) is 10.1. The van der Waals surface area contributed by atoms with E-state index in [4.69, 9.17) is 9.26 Å². The molecule has 1 aliphatic rings. The predicted molar refractivity (Wildman–Crippen MR) is 97.7 cm³/mol. The molecule has 126 valence electrons. The number of aromatic nitrogens is 1. The molecular formula is C19H22N2O2S. The Morgan fingerprint density at radius 3 is 3.00 bits per heavy atom. The maximum absolute atomic E-state index is 5.95. The molecule has 3 aromatic rings. The molecule has 24 heavy (non-hydrogen) atoms. The number of hydrogen-bond acceptors (Lipinski definition) is 5. The third kappa shape index (κ3) is 3.47. The molecule has 0 saturated carbocycles. The number of rotatable bonds is 6. The van der Waals surface area contributed by atoms with Crippen LogP contribution in [0.3, 0.4) is 0 Å². The fourth-order valence-electron chi connectivity index (χ4n) is 3.26. The van der Waals surface area contributed by atoms with Gasteiger partial charge in [0.1, 0.15) is 16.1 Å². The normalized spacial score (nSPS) is 15.8. The minimum absolute atomic E-state index is 0.757. The molecule has 5 heteroatoms. The molecule has 4 nitrogen and oxygen atoms in total. The van der Waals surface area contributed by atoms with E-state index in [1.54, 1.807) is 11.3 Å². The lowest BCUT2D eigenvalue weighted by Gasteiger charge is -2.26. The molecule has 0 N–H and O–H groups in total. The van der Waals surface area contributed by atoms with Gasteiger partial charge in [0.15, 0.2) is 5.58 Å². The Morgan fingerprint density at radius 2 is 2.08 bits per heavy atom. The van der Waals surface area contributed by atoms with Gasteiger partial charge in [-0.3, -0.25) is 0 Å². The van der Waals surface area contributed by atoms with E-state index in [-0.39, 0.29) is 0 Å². The van der Waals surface area contributed by atoms with Gasteiger partial charge in [-0.05, 0) is 55.9 Å². The number of likely N-dealkylation sites (tertiary alicyclic amines) is 1. The molecule has 1 saturated heterocycles. The minimum atomic E-state index is 0.757. The second-order valence-electron chi connectivity index (χ2n) is 6.28. The summed E-state index contributed by atoms with van der Waals surface area (Å²) in [5, 5.41) is 6.23. The van der Waals surface area contributed by atoms with Crippen molar-refractivity contribution in [3.63, 3.8) is 0 Å². The summed E-state index contributed by atoms with van der Waals surface area (Å²) < 4.78 is 12.4. The van der Waals surface area contributed by atoms with Crippen LogP contribution in [0.2, 0.25) is 0 Å². The highest BCUT2D eigenvalue weighted by molar-refractivity contribution is 7.17. The highest BCUT2D eigenvalue weighted by Gasteiger charge is 2.12. The van der Waals surface area contributed by atoms with Gasteiger partial charge in [0.2, 0.25) is 0 Å². The Bertz CT molecular complexity index is 789. The smallest absolute Gasteiger partial charge is 0.178 e. The van der Waals surface area contributed by atoms with Gasteiger partial charge in [-0.15, -0.1) is 11.3 Å². The van der Waals surface area contributed by atoms with Gasteiger partial charge in [0, 0.05) is 12.1 Å². The highest BCUT2D eigenvalue weighted by atomic mass is 32.1. The zero-order valence-corrected chi connectivity index (χ0v) is 14.6. The van der Waals surface area contributed by atoms with Crippen molar-refractivity contribution < 1.29 is 9.26 Å². The Kier molecular flexibility index (Phi) is 4.81. The number of hydrogen-bond donors (Lipinski definition) is 0. The molecule has 0 atom stereocenters. The van der Waals surface area contributed by atoms with Crippen LogP contribution in [0.15, 0.2) is 40.2 Å². The maximum atomic E-state index is 5.95. The van der Waals surface area contributed by atoms with Crippen LogP contribution in [0.4, 0.5) is 0 Å². The maximum Gasteiger partial charge on any atom is 0.178 e. The van der Waals surface area contributed by atoms with Crippen molar-refractivity contribution in [2.75, 3.05) is 26.2 Å². The van der Waals surface area contributed by atoms with Crippen LogP contribution in [0.25, 0.3) is 21.5 Å². The van der Waals surface area contributed by atoms with Crippen molar-refractivity contribution in [3.8, 4) is 17.0 Å². The van der Waals surface area contributed by atoms with E-state index in [9.17, 15) is 0 Å². The molecule has 0 bridgehead atoms. The second-order valence-corrected chi connectivity index (χ2v) is 7.19. The average molecular weight is 342 g/mol. The first-order valence-corrected chi connectivity index (χ1v) is 9.56. The fourth-order valence-corrected chi connectivity index (χ4v) is 4.07. The third-order valence-corrected chi connectivity index (χ3v) is 5.43. The predicted octanol–water partition coefficient (Wildman–Crippen LogP) is 4.81. The quantitative estimate of drug-likeness (QED) is 0.603. The lowest BCUT2D eigenvalue weighted by molar-refractivity contribution is 0.205. The van der Waals surface area contributed by atoms with Crippen molar-refractivity contribution in [2.24, 2.45) is 0 Å². The first-order chi connectivity index (χ1) is 11.9. The van der Waals surface area contributed by atoms with E-state index in [2.05, 4.69) is 22.2 Å². The molecule has 1 aromatic carbocycles. The Morgan fingerprint density at radius 1 is 1.17 bits per heavy atom. The van der Waals surface area contributed by atoms with Gasteiger partial charge in [0.25, 0.3) is 0 Å². The summed E-state index contributed by atoms with van der Waals surface area (Å²) in [4.78, 5) is 2.55. The first kappa shape index (κ1) is 15.7. The van der Waals surface area contributed by atoms with Gasteiger partial charge >= 0.3 is 0 Å². The van der Waals surface area contributed by atoms with Crippen LogP contribution in [-0.4, -0.2) is 36.3 Å². The third-order valence-electron chi connectivity index (χ3n) is 4.52. The lowest BCUT2D eigenvalue weighted by Crippen LogP contribution is -2.31. The van der Waals surface area contributed by atoms with Crippen LogP contribution in [0.5, 0.6) is 5.75 Å². The molecule has 0 unspecified atom stereocenters. The Balaban J connectivity index is 1.35. The van der Waals surface area contributed by atoms with E-state index in [1.165, 1.54) is 32.4 Å². The largest absolute Gasteiger partial charge is 0.494 e. The summed E-state index contributed by atoms with van der Waals surface area (Å²) in [5.74, 6) is 0.902. The highest BCUT2D eigenvalue weighted by Crippen LogP contribution is 2.33. The molecule has 2 aromatic heterocycles. The number of fused-ring (bicyclic) bond motifs is 1. The van der Waals surface area contributed by atoms with E-state index >= 15 is 0 Å². The topological polar surface area (TPSA) is 38.5 Å². The summed E-state index contributed by atoms with van der Waals surface area (Å²) in [7, 11) is 0. The zero-order valence-electron chi connectivity index (χ0n) is 13.7.